The van der Waals surface area contributed by atoms with E-state index in [9.17, 15) is 9.59 Å². The molecular formula is C28H29N7O3. The van der Waals surface area contributed by atoms with Gasteiger partial charge in [-0.25, -0.2) is 10.1 Å². The van der Waals surface area contributed by atoms with Gasteiger partial charge < -0.3 is 19.4 Å². The quantitative estimate of drug-likeness (QED) is 0.379. The van der Waals surface area contributed by atoms with E-state index in [2.05, 4.69) is 43.2 Å². The Morgan fingerprint density at radius 2 is 2.00 bits per heavy atom. The molecule has 1 N–H and O–H groups in total. The van der Waals surface area contributed by atoms with Crippen LogP contribution in [0.3, 0.4) is 0 Å². The summed E-state index contributed by atoms with van der Waals surface area (Å²) in [6.07, 6.45) is 6.57. The number of rotatable bonds is 7. The second-order valence-electron chi connectivity index (χ2n) is 9.32. The Hall–Kier alpha value is -4.49. The number of benzene rings is 1. The largest absolute Gasteiger partial charge is 0.375 e. The van der Waals surface area contributed by atoms with Gasteiger partial charge in [0.2, 0.25) is 5.91 Å². The smallest absolute Gasteiger partial charge is 0.269 e. The lowest BCUT2D eigenvalue weighted by molar-refractivity contribution is -0.126. The summed E-state index contributed by atoms with van der Waals surface area (Å²) in [6.45, 7) is 5.76. The van der Waals surface area contributed by atoms with E-state index in [0.29, 0.717) is 57.1 Å². The molecule has 4 heterocycles. The molecule has 0 unspecified atom stereocenters. The molecule has 5 rings (SSSR count). The molecule has 2 aromatic heterocycles. The number of carbonyl (C=O) groups excluding carboxylic acids is 1. The zero-order chi connectivity index (χ0) is 26.5. The van der Waals surface area contributed by atoms with Crippen molar-refractivity contribution < 1.29 is 9.53 Å². The Bertz CT molecular complexity index is 1420. The highest BCUT2D eigenvalue weighted by atomic mass is 16.5. The summed E-state index contributed by atoms with van der Waals surface area (Å²) in [5.74, 6) is 0.771. The van der Waals surface area contributed by atoms with E-state index in [-0.39, 0.29) is 17.5 Å². The zero-order valence-corrected chi connectivity index (χ0v) is 21.2. The van der Waals surface area contributed by atoms with Crippen LogP contribution in [0.15, 0.2) is 65.7 Å². The lowest BCUT2D eigenvalue weighted by Crippen LogP contribution is -2.48. The van der Waals surface area contributed by atoms with Crippen LogP contribution in [0.25, 0.3) is 0 Å². The molecule has 2 aliphatic heterocycles. The van der Waals surface area contributed by atoms with Crippen molar-refractivity contribution in [3.63, 3.8) is 0 Å². The maximum atomic E-state index is 12.7. The highest BCUT2D eigenvalue weighted by Gasteiger charge is 2.31. The monoisotopic (exact) mass is 511 g/mol. The molecule has 3 aromatic rings. The fourth-order valence-electron chi connectivity index (χ4n) is 4.93. The lowest BCUT2D eigenvalue weighted by atomic mass is 10.1. The Morgan fingerprint density at radius 3 is 2.76 bits per heavy atom. The fourth-order valence-corrected chi connectivity index (χ4v) is 4.93. The van der Waals surface area contributed by atoms with Gasteiger partial charge in [0.25, 0.3) is 5.56 Å². The number of aromatic amines is 1. The average molecular weight is 512 g/mol. The van der Waals surface area contributed by atoms with Gasteiger partial charge in [0.15, 0.2) is 0 Å². The van der Waals surface area contributed by atoms with Gasteiger partial charge in [-0.2, -0.15) is 10.4 Å². The van der Waals surface area contributed by atoms with Gasteiger partial charge in [0.1, 0.15) is 11.9 Å². The summed E-state index contributed by atoms with van der Waals surface area (Å²) in [7, 11) is 0. The highest BCUT2D eigenvalue weighted by molar-refractivity contribution is 5.87. The van der Waals surface area contributed by atoms with Crippen molar-refractivity contribution in [2.45, 2.75) is 19.5 Å². The van der Waals surface area contributed by atoms with E-state index >= 15 is 0 Å². The molecular weight excluding hydrogens is 482 g/mol. The molecule has 1 aromatic carbocycles. The van der Waals surface area contributed by atoms with E-state index in [1.807, 2.05) is 23.1 Å². The first-order valence-corrected chi connectivity index (χ1v) is 12.6. The Kier molecular flexibility index (Phi) is 7.47. The van der Waals surface area contributed by atoms with Crippen molar-refractivity contribution in [3.8, 4) is 6.07 Å². The minimum absolute atomic E-state index is 0.0425. The molecule has 1 amide bonds. The van der Waals surface area contributed by atoms with Gasteiger partial charge in [-0.15, -0.1) is 0 Å². The third-order valence-corrected chi connectivity index (χ3v) is 7.06. The molecule has 194 valence electrons. The second-order valence-corrected chi connectivity index (χ2v) is 9.32. The number of nitrogens with zero attached hydrogens (tertiary/aromatic N) is 6. The summed E-state index contributed by atoms with van der Waals surface area (Å²) in [4.78, 5) is 35.2. The minimum Gasteiger partial charge on any atom is -0.375 e. The summed E-state index contributed by atoms with van der Waals surface area (Å²) in [5.41, 5.74) is 4.11. The van der Waals surface area contributed by atoms with Crippen molar-refractivity contribution in [2.24, 2.45) is 0 Å². The predicted molar refractivity (Wildman–Crippen MR) is 143 cm³/mol. The summed E-state index contributed by atoms with van der Waals surface area (Å²) < 4.78 is 5.98. The molecule has 0 radical (unpaired) electrons. The van der Waals surface area contributed by atoms with Crippen LogP contribution in [0.2, 0.25) is 0 Å². The minimum atomic E-state index is -0.200. The van der Waals surface area contributed by atoms with Crippen LogP contribution in [0.4, 0.5) is 11.5 Å². The number of aromatic nitrogens is 3. The van der Waals surface area contributed by atoms with Gasteiger partial charge in [0, 0.05) is 50.6 Å². The number of carbonyl (C=O) groups is 1. The van der Waals surface area contributed by atoms with E-state index in [0.717, 1.165) is 11.5 Å². The first-order chi connectivity index (χ1) is 18.5. The van der Waals surface area contributed by atoms with E-state index in [4.69, 9.17) is 10.00 Å². The number of hydrogen-bond donors (Lipinski definition) is 1. The van der Waals surface area contributed by atoms with Crippen LogP contribution < -0.4 is 15.4 Å². The fraction of sp³-hybridized carbons (Fsp3) is 0.321. The van der Waals surface area contributed by atoms with Crippen LogP contribution in [-0.4, -0.2) is 65.4 Å². The van der Waals surface area contributed by atoms with Crippen molar-refractivity contribution in [1.29, 1.82) is 5.26 Å². The van der Waals surface area contributed by atoms with Crippen LogP contribution >= 0.6 is 0 Å². The number of ether oxygens (including phenoxy) is 1. The van der Waals surface area contributed by atoms with Crippen molar-refractivity contribution >= 4 is 17.4 Å². The highest BCUT2D eigenvalue weighted by Crippen LogP contribution is 2.37. The van der Waals surface area contributed by atoms with Crippen LogP contribution in [0.5, 0.6) is 0 Å². The maximum Gasteiger partial charge on any atom is 0.269 e. The number of piperazine rings is 1. The SMILES string of the molecule is Cc1c(N2Cc3ccccc3[C@H]2COC/C=C\C(=O)N2CCN(c3ccc(C#N)cn3)CC2)cn[nH]c1=O. The van der Waals surface area contributed by atoms with Gasteiger partial charge in [-0.05, 0) is 30.2 Å². The topological polar surface area (TPSA) is 118 Å². The molecule has 1 fully saturated rings. The van der Waals surface area contributed by atoms with Crippen LogP contribution in [0.1, 0.15) is 28.3 Å². The number of pyridine rings is 1. The first-order valence-electron chi connectivity index (χ1n) is 12.6. The van der Waals surface area contributed by atoms with E-state index in [1.165, 1.54) is 11.1 Å². The van der Waals surface area contributed by atoms with Gasteiger partial charge in [0.05, 0.1) is 36.7 Å². The maximum absolute atomic E-state index is 12.7. The first kappa shape index (κ1) is 25.2. The number of H-pyrrole nitrogens is 1. The zero-order valence-electron chi connectivity index (χ0n) is 21.2. The molecule has 0 aliphatic carbocycles. The number of nitriles is 1. The number of nitrogens with one attached hydrogen (secondary N) is 1. The summed E-state index contributed by atoms with van der Waals surface area (Å²) >= 11 is 0. The van der Waals surface area contributed by atoms with Gasteiger partial charge in [-0.3, -0.25) is 9.59 Å². The molecule has 0 saturated carbocycles. The summed E-state index contributed by atoms with van der Waals surface area (Å²) in [6, 6.07) is 13.8. The molecule has 10 nitrogen and oxygen atoms in total. The molecule has 1 atom stereocenters. The average Bonchev–Trinajstić information content (AvgIpc) is 3.32. The van der Waals surface area contributed by atoms with Crippen molar-refractivity contribution in [1.82, 2.24) is 20.1 Å². The number of hydrogen-bond acceptors (Lipinski definition) is 8. The van der Waals surface area contributed by atoms with Crippen LogP contribution in [-0.2, 0) is 16.1 Å². The summed E-state index contributed by atoms with van der Waals surface area (Å²) in [5, 5.41) is 15.4. The molecule has 0 bridgehead atoms. The van der Waals surface area contributed by atoms with Crippen molar-refractivity contribution in [3.05, 3.63) is 93.6 Å². The molecule has 0 spiro atoms. The Labute approximate surface area is 220 Å². The molecule has 1 saturated heterocycles. The third-order valence-electron chi connectivity index (χ3n) is 7.06. The van der Waals surface area contributed by atoms with Gasteiger partial charge >= 0.3 is 0 Å². The molecule has 38 heavy (non-hydrogen) atoms. The van der Waals surface area contributed by atoms with Crippen LogP contribution in [0, 0.1) is 18.3 Å². The normalized spacial score (nSPS) is 17.1. The van der Waals surface area contributed by atoms with E-state index in [1.54, 1.807) is 37.5 Å². The second kappa shape index (κ2) is 11.3. The third kappa shape index (κ3) is 5.28. The van der Waals surface area contributed by atoms with Gasteiger partial charge in [-0.1, -0.05) is 30.3 Å². The Balaban J connectivity index is 1.14. The predicted octanol–water partition coefficient (Wildman–Crippen LogP) is 2.33. The number of fused-ring (bicyclic) bond motifs is 1. The standard InChI is InChI=1S/C28H29N7O3/c1-20-24(17-31-32-28(20)37)35-18-22-5-2-3-6-23(22)25(35)19-38-14-4-7-27(36)34-12-10-33(11-13-34)26-9-8-21(15-29)16-30-26/h2-9,16-17,25H,10-14,18-19H2,1H3,(H,32,37)/b7-4-/t25-/m1/s1. The van der Waals surface area contributed by atoms with Crippen molar-refractivity contribution in [2.75, 3.05) is 49.2 Å². The number of anilines is 2. The Morgan fingerprint density at radius 1 is 1.18 bits per heavy atom. The molecule has 10 heteroatoms. The van der Waals surface area contributed by atoms with E-state index < -0.39 is 0 Å². The lowest BCUT2D eigenvalue weighted by Gasteiger charge is -2.34. The molecule has 2 aliphatic rings. The number of amides is 1.